The summed E-state index contributed by atoms with van der Waals surface area (Å²) in [4.78, 5) is 0. The first-order valence-electron chi connectivity index (χ1n) is 0. The summed E-state index contributed by atoms with van der Waals surface area (Å²) in [5.74, 6) is 0. The summed E-state index contributed by atoms with van der Waals surface area (Å²) in [6.45, 7) is 0. The first-order chi connectivity index (χ1) is 0. The van der Waals surface area contributed by atoms with Crippen LogP contribution < -0.4 is 0 Å². The zero-order valence-electron chi connectivity index (χ0n) is 1.13. The molecule has 0 unspecified atom stereocenters. The van der Waals surface area contributed by atoms with Crippen LogP contribution in [0.3, 0.4) is 0 Å². The van der Waals surface area contributed by atoms with Gasteiger partial charge in [-0.25, -0.2) is 0 Å². The first-order valence-corrected chi connectivity index (χ1v) is 0. The van der Waals surface area contributed by atoms with Crippen molar-refractivity contribution in [2.24, 2.45) is 0 Å². The Morgan fingerprint density at radius 1 is 0.750 bits per heavy atom. The molecule has 0 nitrogen and oxygen atoms in total. The fraction of sp³-hybridized carbons (Fsp3) is 0. The molecule has 0 heterocycles. The van der Waals surface area contributed by atoms with Crippen LogP contribution in [0.15, 0.2) is 0 Å². The van der Waals surface area contributed by atoms with E-state index < -0.39 is 0 Å². The Balaban J connectivity index is 0. The van der Waals surface area contributed by atoms with Gasteiger partial charge in [0.25, 0.3) is 0 Å². The van der Waals surface area contributed by atoms with Crippen LogP contribution in [0.25, 0.3) is 0 Å². The number of rotatable bonds is 0. The molecule has 0 aliphatic carbocycles. The van der Waals surface area contributed by atoms with Gasteiger partial charge in [0.1, 0.15) is 0 Å². The molecule has 0 saturated heterocycles. The quantitative estimate of drug-likeness (QED) is 0.381. The van der Waals surface area contributed by atoms with Crippen molar-refractivity contribution >= 4 is 77.5 Å². The predicted molar refractivity (Wildman–Crippen MR) is 38.0 cm³/mol. The Kier molecular flexibility index (Phi) is 99.9. The molecule has 0 saturated carbocycles. The van der Waals surface area contributed by atoms with Gasteiger partial charge in [-0.2, -0.15) is 0 Å². The van der Waals surface area contributed by atoms with Crippen molar-refractivity contribution < 1.29 is 38.2 Å². The van der Waals surface area contributed by atoms with Crippen molar-refractivity contribution in [1.82, 2.24) is 0 Å². The predicted octanol–water partition coefficient (Wildman–Crippen LogP) is 0.587. The molecule has 0 atom stereocenters. The molecule has 0 fully saturated rings. The van der Waals surface area contributed by atoms with E-state index in [1.54, 1.807) is 0 Å². The van der Waals surface area contributed by atoms with Crippen LogP contribution >= 0.6 is 48.0 Å². The van der Waals surface area contributed by atoms with Crippen molar-refractivity contribution in [3.63, 3.8) is 0 Å². The monoisotopic (exact) mass is 444 g/mol. The zero-order chi connectivity index (χ0) is 0. The van der Waals surface area contributed by atoms with Crippen LogP contribution in [0.4, 0.5) is 0 Å². The molecule has 0 radical (unpaired) electrons. The Morgan fingerprint density at radius 3 is 0.750 bits per heavy atom. The zero-order valence-corrected chi connectivity index (χ0v) is 7.82. The van der Waals surface area contributed by atoms with Crippen molar-refractivity contribution in [3.05, 3.63) is 0 Å². The minimum absolute atomic E-state index is 0. The molecule has 0 bridgehead atoms. The molecule has 0 spiro atoms. The fourth-order valence-electron chi connectivity index (χ4n) is 0. The van der Waals surface area contributed by atoms with Crippen molar-refractivity contribution in [2.45, 2.75) is 0 Å². The SMILES string of the molecule is I.I.[Dy].[NaH]. The van der Waals surface area contributed by atoms with Crippen LogP contribution in [-0.2, 0) is 0 Å². The minimum atomic E-state index is 0. The number of halogens is 2. The molecule has 0 aromatic carbocycles. The van der Waals surface area contributed by atoms with Crippen LogP contribution in [0, 0.1) is 38.2 Å². The Hall–Kier alpha value is 3.73. The van der Waals surface area contributed by atoms with E-state index in [-0.39, 0.29) is 116 Å². The molecule has 4 heteroatoms. The molecule has 0 aliphatic rings. The van der Waals surface area contributed by atoms with E-state index in [4.69, 9.17) is 0 Å². The van der Waals surface area contributed by atoms with Gasteiger partial charge in [-0.05, 0) is 0 Å². The molecule has 4 heavy (non-hydrogen) atoms. The second-order valence-electron chi connectivity index (χ2n) is 0. The van der Waals surface area contributed by atoms with E-state index in [0.717, 1.165) is 0 Å². The van der Waals surface area contributed by atoms with Gasteiger partial charge in [0, 0.05) is 38.2 Å². The molecule has 0 aromatic heterocycles. The molecular weight excluding hydrogens is 439 g/mol. The van der Waals surface area contributed by atoms with Crippen LogP contribution in [0.2, 0.25) is 0 Å². The average molecular weight is 442 g/mol. The summed E-state index contributed by atoms with van der Waals surface area (Å²) in [5.41, 5.74) is 0. The van der Waals surface area contributed by atoms with Crippen LogP contribution in [0.1, 0.15) is 0 Å². The second kappa shape index (κ2) is 15.9. The normalized spacial score (nSPS) is 0. The Labute approximate surface area is 113 Å². The summed E-state index contributed by atoms with van der Waals surface area (Å²) in [7, 11) is 0. The third kappa shape index (κ3) is 9.22. The summed E-state index contributed by atoms with van der Waals surface area (Å²) in [5, 5.41) is 0. The maximum atomic E-state index is 0. The molecule has 0 aromatic rings. The topological polar surface area (TPSA) is 0 Å². The van der Waals surface area contributed by atoms with Gasteiger partial charge in [0.15, 0.2) is 0 Å². The van der Waals surface area contributed by atoms with Crippen LogP contribution in [-0.4, -0.2) is 29.6 Å². The van der Waals surface area contributed by atoms with Gasteiger partial charge in [0.2, 0.25) is 0 Å². The standard InChI is InChI=1S/Dy.2HI.Na.H/h;2*1H;;. The first kappa shape index (κ1) is 25.2. The summed E-state index contributed by atoms with van der Waals surface area (Å²) in [6.07, 6.45) is 0. The van der Waals surface area contributed by atoms with Gasteiger partial charge in [0.05, 0.1) is 0 Å². The van der Waals surface area contributed by atoms with Gasteiger partial charge < -0.3 is 0 Å². The van der Waals surface area contributed by atoms with Gasteiger partial charge >= 0.3 is 29.6 Å². The summed E-state index contributed by atoms with van der Waals surface area (Å²) >= 11 is 0. The third-order valence-electron chi connectivity index (χ3n) is 0. The molecule has 0 amide bonds. The molecule has 0 aliphatic heterocycles. The number of hydrogen-bond donors (Lipinski definition) is 0. The number of hydrogen-bond acceptors (Lipinski definition) is 0. The van der Waals surface area contributed by atoms with Gasteiger partial charge in [-0.1, -0.05) is 0 Å². The van der Waals surface area contributed by atoms with Crippen molar-refractivity contribution in [2.75, 3.05) is 0 Å². The van der Waals surface area contributed by atoms with E-state index in [1.807, 2.05) is 0 Å². The Morgan fingerprint density at radius 2 is 0.750 bits per heavy atom. The third-order valence-corrected chi connectivity index (χ3v) is 0. The van der Waals surface area contributed by atoms with Gasteiger partial charge in [-0.3, -0.25) is 0 Å². The van der Waals surface area contributed by atoms with E-state index in [9.17, 15) is 0 Å². The summed E-state index contributed by atoms with van der Waals surface area (Å²) in [6, 6.07) is 0. The van der Waals surface area contributed by atoms with E-state index >= 15 is 0 Å². The molecule has 0 rings (SSSR count). The van der Waals surface area contributed by atoms with Gasteiger partial charge in [-0.15, -0.1) is 48.0 Å². The van der Waals surface area contributed by atoms with Crippen molar-refractivity contribution in [3.8, 4) is 0 Å². The van der Waals surface area contributed by atoms with E-state index in [0.29, 0.717) is 0 Å². The fourth-order valence-corrected chi connectivity index (χ4v) is 0. The molecule has 28 valence electrons. The molecule has 0 N–H and O–H groups in total. The van der Waals surface area contributed by atoms with Crippen LogP contribution in [0.5, 0.6) is 0 Å². The summed E-state index contributed by atoms with van der Waals surface area (Å²) < 4.78 is 0. The second-order valence-corrected chi connectivity index (χ2v) is 0. The van der Waals surface area contributed by atoms with Crippen molar-refractivity contribution in [1.29, 1.82) is 0 Å². The van der Waals surface area contributed by atoms with E-state index in [2.05, 4.69) is 0 Å². The van der Waals surface area contributed by atoms with E-state index in [1.165, 1.54) is 0 Å². The average Bonchev–Trinajstić information content (AvgIpc) is 0. The maximum absolute atomic E-state index is 0. The molecular formula is H3DyI2Na. The Bertz CT molecular complexity index is 6.00.